The quantitative estimate of drug-likeness (QED) is 0.649. The van der Waals surface area contributed by atoms with Gasteiger partial charge >= 0.3 is 0 Å². The van der Waals surface area contributed by atoms with Gasteiger partial charge in [0.05, 0.1) is 0 Å². The molecule has 2 aromatic heterocycles. The summed E-state index contributed by atoms with van der Waals surface area (Å²) in [5.74, 6) is 1.80. The third-order valence-electron chi connectivity index (χ3n) is 5.52. The lowest BCUT2D eigenvalue weighted by Crippen LogP contribution is -2.28. The summed E-state index contributed by atoms with van der Waals surface area (Å²) in [4.78, 5) is 13.9. The van der Waals surface area contributed by atoms with Gasteiger partial charge in [0.1, 0.15) is 11.6 Å². The van der Waals surface area contributed by atoms with Gasteiger partial charge in [0, 0.05) is 34.9 Å². The molecule has 0 saturated heterocycles. The summed E-state index contributed by atoms with van der Waals surface area (Å²) in [6.07, 6.45) is 6.52. The second-order valence-electron chi connectivity index (χ2n) is 8.50. The Balaban J connectivity index is 1.77. The lowest BCUT2D eigenvalue weighted by molar-refractivity contribution is 0.215. The van der Waals surface area contributed by atoms with Crippen LogP contribution in [0.25, 0.3) is 11.4 Å². The summed E-state index contributed by atoms with van der Waals surface area (Å²) >= 11 is 0. The topological polar surface area (TPSA) is 50.7 Å². The molecule has 1 unspecified atom stereocenters. The Morgan fingerprint density at radius 2 is 1.86 bits per heavy atom. The van der Waals surface area contributed by atoms with Crippen LogP contribution >= 0.6 is 0 Å². The Hall–Kier alpha value is -2.82. The molecule has 2 heterocycles. The summed E-state index contributed by atoms with van der Waals surface area (Å²) < 4.78 is 13.3. The van der Waals surface area contributed by atoms with Gasteiger partial charge < -0.3 is 5.32 Å². The first-order valence-electron chi connectivity index (χ1n) is 9.73. The Morgan fingerprint density at radius 1 is 1.07 bits per heavy atom. The van der Waals surface area contributed by atoms with Crippen molar-refractivity contribution in [1.29, 1.82) is 0 Å². The fraction of sp³-hybridized carbons (Fsp3) is 0.348. The highest BCUT2D eigenvalue weighted by molar-refractivity contribution is 5.65. The van der Waals surface area contributed by atoms with Crippen molar-refractivity contribution in [3.8, 4) is 11.4 Å². The largest absolute Gasteiger partial charge is 0.340 e. The van der Waals surface area contributed by atoms with Crippen molar-refractivity contribution < 1.29 is 4.39 Å². The predicted octanol–water partition coefficient (Wildman–Crippen LogP) is 5.57. The molecule has 0 fully saturated rings. The Labute approximate surface area is 165 Å². The number of halogens is 1. The normalized spacial score (nSPS) is 16.5. The Kier molecular flexibility index (Phi) is 4.84. The molecule has 4 nitrogen and oxygen atoms in total. The molecule has 1 aromatic carbocycles. The Bertz CT molecular complexity index is 962. The first kappa shape index (κ1) is 18.5. The number of anilines is 2. The molecule has 5 heteroatoms. The van der Waals surface area contributed by atoms with Crippen molar-refractivity contribution >= 4 is 11.5 Å². The number of pyridine rings is 1. The van der Waals surface area contributed by atoms with Crippen LogP contribution in [-0.2, 0) is 12.8 Å². The molecular weight excluding hydrogens is 351 g/mol. The minimum Gasteiger partial charge on any atom is -0.340 e. The summed E-state index contributed by atoms with van der Waals surface area (Å²) in [6.45, 7) is 6.88. The maximum Gasteiger partial charge on any atom is 0.163 e. The lowest BCUT2D eigenvalue weighted by atomic mass is 9.71. The molecule has 4 rings (SSSR count). The summed E-state index contributed by atoms with van der Waals surface area (Å²) in [5, 5.41) is 3.40. The number of rotatable bonds is 3. The van der Waals surface area contributed by atoms with Crippen LogP contribution in [0.4, 0.5) is 15.9 Å². The van der Waals surface area contributed by atoms with E-state index in [-0.39, 0.29) is 11.2 Å². The first-order valence-corrected chi connectivity index (χ1v) is 9.73. The van der Waals surface area contributed by atoms with E-state index in [4.69, 9.17) is 9.97 Å². The third kappa shape index (κ3) is 3.88. The molecule has 3 aromatic rings. The zero-order valence-electron chi connectivity index (χ0n) is 16.5. The zero-order valence-corrected chi connectivity index (χ0v) is 16.5. The number of hydrogen-bond donors (Lipinski definition) is 1. The van der Waals surface area contributed by atoms with E-state index < -0.39 is 0 Å². The van der Waals surface area contributed by atoms with Crippen LogP contribution in [0.15, 0.2) is 48.8 Å². The molecule has 28 heavy (non-hydrogen) atoms. The number of aromatic nitrogens is 3. The van der Waals surface area contributed by atoms with Crippen LogP contribution < -0.4 is 5.32 Å². The Morgan fingerprint density at radius 3 is 2.54 bits per heavy atom. The van der Waals surface area contributed by atoms with Crippen LogP contribution in [-0.4, -0.2) is 15.0 Å². The van der Waals surface area contributed by atoms with Crippen molar-refractivity contribution in [3.05, 3.63) is 65.9 Å². The standard InChI is InChI=1S/C23H25FN4/c1-23(2,3)16-6-11-20-19(13-16)22(26-18-9-7-17(24)8-10-18)28-21(27-20)15-5-4-12-25-14-15/h4-5,7-10,12,14,16H,6,11,13H2,1-3H3,(H,26,27,28). The fourth-order valence-electron chi connectivity index (χ4n) is 3.75. The molecule has 1 atom stereocenters. The molecule has 0 aliphatic heterocycles. The zero-order chi connectivity index (χ0) is 19.7. The molecule has 0 amide bonds. The minimum absolute atomic E-state index is 0.229. The molecule has 0 spiro atoms. The first-order chi connectivity index (χ1) is 13.4. The van der Waals surface area contributed by atoms with Gasteiger partial charge in [0.15, 0.2) is 5.82 Å². The molecule has 0 radical (unpaired) electrons. The van der Waals surface area contributed by atoms with Gasteiger partial charge in [0.25, 0.3) is 0 Å². The van der Waals surface area contributed by atoms with E-state index in [0.29, 0.717) is 11.7 Å². The van der Waals surface area contributed by atoms with Crippen molar-refractivity contribution in [1.82, 2.24) is 15.0 Å². The smallest absolute Gasteiger partial charge is 0.163 e. The van der Waals surface area contributed by atoms with Gasteiger partial charge in [-0.25, -0.2) is 14.4 Å². The van der Waals surface area contributed by atoms with Crippen LogP contribution in [0.1, 0.15) is 38.4 Å². The highest BCUT2D eigenvalue weighted by atomic mass is 19.1. The second kappa shape index (κ2) is 7.30. The van der Waals surface area contributed by atoms with Gasteiger partial charge in [-0.1, -0.05) is 20.8 Å². The van der Waals surface area contributed by atoms with Crippen LogP contribution in [0.2, 0.25) is 0 Å². The SMILES string of the molecule is CC(C)(C)C1CCc2nc(-c3cccnc3)nc(Nc3ccc(F)cc3)c2C1. The van der Waals surface area contributed by atoms with Crippen molar-refractivity contribution in [2.24, 2.45) is 11.3 Å². The molecule has 1 aliphatic rings. The predicted molar refractivity (Wildman–Crippen MR) is 110 cm³/mol. The molecule has 1 N–H and O–H groups in total. The lowest BCUT2D eigenvalue weighted by Gasteiger charge is -2.35. The van der Waals surface area contributed by atoms with E-state index in [1.54, 1.807) is 24.5 Å². The van der Waals surface area contributed by atoms with Crippen LogP contribution in [0, 0.1) is 17.2 Å². The number of nitrogens with one attached hydrogen (secondary N) is 1. The van der Waals surface area contributed by atoms with Gasteiger partial charge in [-0.2, -0.15) is 0 Å². The number of fused-ring (bicyclic) bond motifs is 1. The van der Waals surface area contributed by atoms with Gasteiger partial charge in [-0.15, -0.1) is 0 Å². The summed E-state index contributed by atoms with van der Waals surface area (Å²) in [5.41, 5.74) is 4.21. The number of benzene rings is 1. The van der Waals surface area contributed by atoms with Gasteiger partial charge in [-0.05, 0) is 67.0 Å². The van der Waals surface area contributed by atoms with E-state index in [1.807, 2.05) is 12.1 Å². The van der Waals surface area contributed by atoms with E-state index >= 15 is 0 Å². The molecule has 0 saturated carbocycles. The highest BCUT2D eigenvalue weighted by Gasteiger charge is 2.31. The van der Waals surface area contributed by atoms with E-state index in [1.165, 1.54) is 17.7 Å². The monoisotopic (exact) mass is 376 g/mol. The maximum atomic E-state index is 13.3. The highest BCUT2D eigenvalue weighted by Crippen LogP contribution is 2.39. The second-order valence-corrected chi connectivity index (χ2v) is 8.50. The maximum absolute atomic E-state index is 13.3. The molecule has 0 bridgehead atoms. The molecule has 1 aliphatic carbocycles. The van der Waals surface area contributed by atoms with Gasteiger partial charge in [-0.3, -0.25) is 4.98 Å². The summed E-state index contributed by atoms with van der Waals surface area (Å²) in [7, 11) is 0. The summed E-state index contributed by atoms with van der Waals surface area (Å²) in [6, 6.07) is 10.2. The average Bonchev–Trinajstić information content (AvgIpc) is 2.69. The third-order valence-corrected chi connectivity index (χ3v) is 5.52. The molecule has 144 valence electrons. The van der Waals surface area contributed by atoms with E-state index in [9.17, 15) is 4.39 Å². The van der Waals surface area contributed by atoms with E-state index in [0.717, 1.165) is 42.0 Å². The van der Waals surface area contributed by atoms with Crippen LogP contribution in [0.5, 0.6) is 0 Å². The van der Waals surface area contributed by atoms with Crippen LogP contribution in [0.3, 0.4) is 0 Å². The average molecular weight is 376 g/mol. The van der Waals surface area contributed by atoms with Crippen molar-refractivity contribution in [3.63, 3.8) is 0 Å². The molecular formula is C23H25FN4. The fourth-order valence-corrected chi connectivity index (χ4v) is 3.75. The van der Waals surface area contributed by atoms with Gasteiger partial charge in [0.2, 0.25) is 0 Å². The van der Waals surface area contributed by atoms with Crippen molar-refractivity contribution in [2.75, 3.05) is 5.32 Å². The van der Waals surface area contributed by atoms with E-state index in [2.05, 4.69) is 31.1 Å². The van der Waals surface area contributed by atoms with Crippen molar-refractivity contribution in [2.45, 2.75) is 40.0 Å². The minimum atomic E-state index is -0.251. The number of aryl methyl sites for hydroxylation is 1. The number of hydrogen-bond acceptors (Lipinski definition) is 4. The number of nitrogens with zero attached hydrogens (tertiary/aromatic N) is 3.